The summed E-state index contributed by atoms with van der Waals surface area (Å²) in [5.74, 6) is 0.400. The van der Waals surface area contributed by atoms with Gasteiger partial charge in [0.15, 0.2) is 12.0 Å². The van der Waals surface area contributed by atoms with Gasteiger partial charge in [-0.25, -0.2) is 9.97 Å². The minimum Gasteiger partial charge on any atom is -0.396 e. The molecule has 0 bridgehead atoms. The lowest BCUT2D eigenvalue weighted by atomic mass is 10.2. The molecule has 0 saturated heterocycles. The number of halogens is 1. The molecule has 7 nitrogen and oxygen atoms in total. The molecule has 5 N–H and O–H groups in total. The maximum absolute atomic E-state index is 13.0. The number of hydrogen-bond acceptors (Lipinski definition) is 7. The highest BCUT2D eigenvalue weighted by atomic mass is 19.1. The van der Waals surface area contributed by atoms with E-state index >= 15 is 0 Å². The summed E-state index contributed by atoms with van der Waals surface area (Å²) < 4.78 is 13.0. The number of aliphatic hydroxyl groups excluding tert-OH is 1. The number of nitrogen functional groups attached to an aromatic ring is 1. The number of aromatic nitrogens is 2. The maximum atomic E-state index is 13.0. The van der Waals surface area contributed by atoms with E-state index in [1.807, 2.05) is 6.21 Å². The maximum Gasteiger partial charge on any atom is 0.212 e. The number of nitrogens with zero attached hydrogens (tertiary/aromatic N) is 3. The molecule has 0 radical (unpaired) electrons. The summed E-state index contributed by atoms with van der Waals surface area (Å²) in [6.07, 6.45) is 6.29. The summed E-state index contributed by atoms with van der Waals surface area (Å²) in [7, 11) is 0. The van der Waals surface area contributed by atoms with Crippen LogP contribution in [0.1, 0.15) is 12.8 Å². The van der Waals surface area contributed by atoms with Gasteiger partial charge in [-0.15, -0.1) is 0 Å². The lowest BCUT2D eigenvalue weighted by Gasteiger charge is -2.21. The van der Waals surface area contributed by atoms with E-state index in [1.165, 1.54) is 25.1 Å². The number of anilines is 2. The van der Waals surface area contributed by atoms with Gasteiger partial charge in [0, 0.05) is 24.2 Å². The normalized spacial score (nSPS) is 20.2. The minimum absolute atomic E-state index is 0.239. The SMILES string of the molecule is Nc1ccc(-c2ccc(F)nc2)nc1NC(O)C1=CN[C@H](C2CC2)C=N1. The van der Waals surface area contributed by atoms with Gasteiger partial charge in [-0.1, -0.05) is 0 Å². The fraction of sp³-hybridized carbons (Fsp3) is 0.278. The number of pyridine rings is 2. The van der Waals surface area contributed by atoms with Crippen molar-refractivity contribution in [3.8, 4) is 11.3 Å². The zero-order chi connectivity index (χ0) is 18.1. The van der Waals surface area contributed by atoms with Crippen molar-refractivity contribution in [1.82, 2.24) is 15.3 Å². The first-order valence-electron chi connectivity index (χ1n) is 8.43. The van der Waals surface area contributed by atoms with Crippen molar-refractivity contribution in [2.45, 2.75) is 25.1 Å². The molecule has 0 spiro atoms. The fourth-order valence-electron chi connectivity index (χ4n) is 2.77. The first-order chi connectivity index (χ1) is 12.6. The van der Waals surface area contributed by atoms with E-state index in [0.717, 1.165) is 0 Å². The zero-order valence-corrected chi connectivity index (χ0v) is 13.9. The molecule has 1 unspecified atom stereocenters. The monoisotopic (exact) mass is 354 g/mol. The number of aliphatic hydroxyl groups is 1. The predicted octanol–water partition coefficient (Wildman–Crippen LogP) is 1.89. The number of hydrogen-bond donors (Lipinski definition) is 4. The summed E-state index contributed by atoms with van der Waals surface area (Å²) in [6.45, 7) is 0. The van der Waals surface area contributed by atoms with Gasteiger partial charge in [-0.3, -0.25) is 4.99 Å². The largest absolute Gasteiger partial charge is 0.396 e. The molecule has 1 aliphatic heterocycles. The molecule has 26 heavy (non-hydrogen) atoms. The Morgan fingerprint density at radius 1 is 1.27 bits per heavy atom. The molecular weight excluding hydrogens is 335 g/mol. The summed E-state index contributed by atoms with van der Waals surface area (Å²) in [4.78, 5) is 12.4. The van der Waals surface area contributed by atoms with Gasteiger partial charge in [-0.2, -0.15) is 4.39 Å². The molecule has 2 aromatic heterocycles. The molecule has 0 aromatic carbocycles. The second kappa shape index (κ2) is 6.72. The average molecular weight is 354 g/mol. The van der Waals surface area contributed by atoms with Crippen molar-refractivity contribution in [3.63, 3.8) is 0 Å². The third-order valence-electron chi connectivity index (χ3n) is 4.44. The van der Waals surface area contributed by atoms with E-state index < -0.39 is 12.2 Å². The minimum atomic E-state index is -1.06. The first-order valence-corrected chi connectivity index (χ1v) is 8.43. The number of aliphatic imine (C=N–C) groups is 1. The van der Waals surface area contributed by atoms with Crippen molar-refractivity contribution < 1.29 is 9.50 Å². The molecule has 8 heteroatoms. The van der Waals surface area contributed by atoms with Crippen molar-refractivity contribution in [2.24, 2.45) is 10.9 Å². The van der Waals surface area contributed by atoms with Gasteiger partial charge < -0.3 is 21.5 Å². The summed E-state index contributed by atoms with van der Waals surface area (Å²) in [5, 5.41) is 16.5. The van der Waals surface area contributed by atoms with E-state index in [0.29, 0.717) is 34.4 Å². The van der Waals surface area contributed by atoms with Crippen LogP contribution in [-0.4, -0.2) is 33.6 Å². The van der Waals surface area contributed by atoms with Gasteiger partial charge in [-0.05, 0) is 43.0 Å². The average Bonchev–Trinajstić information content (AvgIpc) is 3.49. The Kier molecular flexibility index (Phi) is 4.26. The fourth-order valence-corrected chi connectivity index (χ4v) is 2.77. The highest BCUT2D eigenvalue weighted by Crippen LogP contribution is 2.33. The molecule has 134 valence electrons. The van der Waals surface area contributed by atoms with Crippen LogP contribution in [0.15, 0.2) is 47.4 Å². The van der Waals surface area contributed by atoms with E-state index in [2.05, 4.69) is 25.6 Å². The number of nitrogens with two attached hydrogens (primary N) is 1. The second-order valence-corrected chi connectivity index (χ2v) is 6.43. The van der Waals surface area contributed by atoms with Crippen LogP contribution in [0.5, 0.6) is 0 Å². The molecule has 0 amide bonds. The highest BCUT2D eigenvalue weighted by Gasteiger charge is 2.31. The Hall–Kier alpha value is -3.00. The first kappa shape index (κ1) is 16.5. The summed E-state index contributed by atoms with van der Waals surface area (Å²) in [6, 6.07) is 6.46. The number of rotatable bonds is 5. The predicted molar refractivity (Wildman–Crippen MR) is 97.7 cm³/mol. The van der Waals surface area contributed by atoms with E-state index in [4.69, 9.17) is 5.73 Å². The van der Waals surface area contributed by atoms with Gasteiger partial charge >= 0.3 is 0 Å². The van der Waals surface area contributed by atoms with Gasteiger partial charge in [0.2, 0.25) is 5.95 Å². The third kappa shape index (κ3) is 3.50. The Balaban J connectivity index is 1.49. The molecule has 1 saturated carbocycles. The van der Waals surface area contributed by atoms with Crippen LogP contribution in [-0.2, 0) is 0 Å². The molecule has 1 aliphatic carbocycles. The Morgan fingerprint density at radius 2 is 2.12 bits per heavy atom. The van der Waals surface area contributed by atoms with Crippen molar-refractivity contribution in [3.05, 3.63) is 48.3 Å². The summed E-state index contributed by atoms with van der Waals surface area (Å²) >= 11 is 0. The second-order valence-electron chi connectivity index (χ2n) is 6.43. The van der Waals surface area contributed by atoms with Crippen LogP contribution in [0.4, 0.5) is 15.9 Å². The quantitative estimate of drug-likeness (QED) is 0.482. The van der Waals surface area contributed by atoms with Crippen molar-refractivity contribution >= 4 is 17.7 Å². The Morgan fingerprint density at radius 3 is 2.77 bits per heavy atom. The van der Waals surface area contributed by atoms with Gasteiger partial charge in [0.1, 0.15) is 5.70 Å². The summed E-state index contributed by atoms with van der Waals surface area (Å²) in [5.41, 5.74) is 8.00. The molecule has 3 heterocycles. The van der Waals surface area contributed by atoms with E-state index in [1.54, 1.807) is 24.4 Å². The molecule has 4 rings (SSSR count). The lowest BCUT2D eigenvalue weighted by Crippen LogP contribution is -2.34. The van der Waals surface area contributed by atoms with Crippen LogP contribution < -0.4 is 16.4 Å². The Bertz CT molecular complexity index is 862. The Labute approximate surface area is 149 Å². The van der Waals surface area contributed by atoms with Gasteiger partial charge in [0.05, 0.1) is 17.4 Å². The standard InChI is InChI=1S/C18H19FN6O/c19-16-6-3-11(7-23-16)13-5-4-12(20)17(24-13)25-18(26)15-9-21-14(8-22-15)10-1-2-10/h3-10,14,18,21,26H,1-2,20H2,(H,24,25)/t14-,18?/m0/s1. The lowest BCUT2D eigenvalue weighted by molar-refractivity contribution is 0.236. The number of nitrogens with one attached hydrogen (secondary N) is 2. The zero-order valence-electron chi connectivity index (χ0n) is 13.9. The molecular formula is C18H19FN6O. The third-order valence-corrected chi connectivity index (χ3v) is 4.44. The van der Waals surface area contributed by atoms with E-state index in [9.17, 15) is 9.50 Å². The topological polar surface area (TPSA) is 108 Å². The van der Waals surface area contributed by atoms with Crippen LogP contribution in [0.3, 0.4) is 0 Å². The van der Waals surface area contributed by atoms with Gasteiger partial charge in [0.25, 0.3) is 0 Å². The molecule has 2 aromatic rings. The van der Waals surface area contributed by atoms with E-state index in [-0.39, 0.29) is 6.04 Å². The van der Waals surface area contributed by atoms with Crippen molar-refractivity contribution in [2.75, 3.05) is 11.1 Å². The molecule has 1 fully saturated rings. The van der Waals surface area contributed by atoms with Crippen LogP contribution in [0, 0.1) is 11.9 Å². The smallest absolute Gasteiger partial charge is 0.212 e. The highest BCUT2D eigenvalue weighted by molar-refractivity contribution is 5.70. The van der Waals surface area contributed by atoms with Crippen LogP contribution in [0.25, 0.3) is 11.3 Å². The van der Waals surface area contributed by atoms with Crippen LogP contribution in [0.2, 0.25) is 0 Å². The molecule has 2 atom stereocenters. The van der Waals surface area contributed by atoms with Crippen LogP contribution >= 0.6 is 0 Å². The van der Waals surface area contributed by atoms with Crippen molar-refractivity contribution in [1.29, 1.82) is 0 Å². The molecule has 2 aliphatic rings.